The molecule has 4 aromatic rings. The predicted molar refractivity (Wildman–Crippen MR) is 146 cm³/mol. The summed E-state index contributed by atoms with van der Waals surface area (Å²) in [7, 11) is 2.44. The van der Waals surface area contributed by atoms with Gasteiger partial charge in [-0.25, -0.2) is 27.2 Å². The average Bonchev–Trinajstić information content (AvgIpc) is 2.93. The highest BCUT2D eigenvalue weighted by Crippen LogP contribution is 2.29. The van der Waals surface area contributed by atoms with E-state index in [0.717, 1.165) is 36.4 Å². The summed E-state index contributed by atoms with van der Waals surface area (Å²) in [4.78, 5) is 24.6. The molecule has 0 heterocycles. The molecule has 0 radical (unpaired) electrons. The minimum absolute atomic E-state index is 0.181. The van der Waals surface area contributed by atoms with Crippen molar-refractivity contribution in [2.45, 2.75) is 0 Å². The SMILES string of the molecule is COC(=O)c1ccc(Oc2ccc(C(=O)OC)c(/C=C/c3cc(F)cc(F)c3)c2)cc1/C=C/c1cc(F)cc(F)c1. The minimum Gasteiger partial charge on any atom is -0.465 e. The third-order valence-electron chi connectivity index (χ3n) is 5.77. The van der Waals surface area contributed by atoms with E-state index in [1.165, 1.54) is 74.9 Å². The highest BCUT2D eigenvalue weighted by Gasteiger charge is 2.14. The Bertz CT molecular complexity index is 1510. The van der Waals surface area contributed by atoms with E-state index in [2.05, 4.69) is 0 Å². The van der Waals surface area contributed by atoms with Crippen LogP contribution in [-0.2, 0) is 9.47 Å². The molecule has 0 aliphatic rings. The molecule has 0 aromatic heterocycles. The van der Waals surface area contributed by atoms with Gasteiger partial charge in [0.1, 0.15) is 34.8 Å². The minimum atomic E-state index is -0.752. The Balaban J connectivity index is 1.68. The van der Waals surface area contributed by atoms with Crippen molar-refractivity contribution in [2.75, 3.05) is 14.2 Å². The van der Waals surface area contributed by atoms with E-state index in [0.29, 0.717) is 11.1 Å². The van der Waals surface area contributed by atoms with Crippen molar-refractivity contribution in [3.63, 3.8) is 0 Å². The van der Waals surface area contributed by atoms with Crippen LogP contribution in [0, 0.1) is 23.3 Å². The third kappa shape index (κ3) is 7.48. The van der Waals surface area contributed by atoms with E-state index < -0.39 is 35.2 Å². The van der Waals surface area contributed by atoms with Crippen LogP contribution in [0.2, 0.25) is 0 Å². The summed E-state index contributed by atoms with van der Waals surface area (Å²) < 4.78 is 70.1. The van der Waals surface area contributed by atoms with Gasteiger partial charge in [-0.2, -0.15) is 0 Å². The molecule has 0 saturated carbocycles. The normalized spacial score (nSPS) is 11.2. The average molecular weight is 563 g/mol. The Morgan fingerprint density at radius 2 is 0.902 bits per heavy atom. The largest absolute Gasteiger partial charge is 0.465 e. The predicted octanol–water partition coefficient (Wildman–Crippen LogP) is 7.95. The Morgan fingerprint density at radius 3 is 1.24 bits per heavy atom. The van der Waals surface area contributed by atoms with Crippen LogP contribution >= 0.6 is 0 Å². The van der Waals surface area contributed by atoms with Crippen LogP contribution in [0.4, 0.5) is 17.6 Å². The molecule has 208 valence electrons. The van der Waals surface area contributed by atoms with Crippen LogP contribution in [0.3, 0.4) is 0 Å². The summed E-state index contributed by atoms with van der Waals surface area (Å²) in [5.74, 6) is -3.70. The van der Waals surface area contributed by atoms with Crippen molar-refractivity contribution in [1.29, 1.82) is 0 Å². The molecule has 0 atom stereocenters. The van der Waals surface area contributed by atoms with E-state index in [4.69, 9.17) is 14.2 Å². The standard InChI is InChI=1S/C32H22F4O5/c1-39-31(37)29-9-7-27(15-21(29)5-3-19-11-23(33)17-24(34)12-19)41-28-8-10-30(32(38)40-2)22(16-28)6-4-20-13-25(35)18-26(36)14-20/h3-18H,1-2H3/b5-3+,6-4+. The molecule has 0 unspecified atom stereocenters. The van der Waals surface area contributed by atoms with Crippen molar-refractivity contribution in [1.82, 2.24) is 0 Å². The maximum Gasteiger partial charge on any atom is 0.338 e. The lowest BCUT2D eigenvalue weighted by Gasteiger charge is -2.12. The smallest absolute Gasteiger partial charge is 0.338 e. The molecule has 41 heavy (non-hydrogen) atoms. The zero-order valence-electron chi connectivity index (χ0n) is 21.8. The Morgan fingerprint density at radius 1 is 0.537 bits per heavy atom. The Labute approximate surface area is 232 Å². The first-order valence-corrected chi connectivity index (χ1v) is 12.1. The van der Waals surface area contributed by atoms with Crippen molar-refractivity contribution >= 4 is 36.2 Å². The number of carbonyl (C=O) groups is 2. The number of carbonyl (C=O) groups excluding carboxylic acids is 2. The van der Waals surface area contributed by atoms with Crippen LogP contribution in [-0.4, -0.2) is 26.2 Å². The molecule has 0 N–H and O–H groups in total. The van der Waals surface area contributed by atoms with Gasteiger partial charge < -0.3 is 14.2 Å². The van der Waals surface area contributed by atoms with Crippen molar-refractivity contribution < 1.29 is 41.4 Å². The second-order valence-corrected chi connectivity index (χ2v) is 8.66. The number of esters is 2. The number of rotatable bonds is 8. The van der Waals surface area contributed by atoms with Crippen LogP contribution in [0.5, 0.6) is 11.5 Å². The molecule has 0 fully saturated rings. The van der Waals surface area contributed by atoms with Crippen molar-refractivity contribution in [3.05, 3.63) is 129 Å². The first kappa shape index (κ1) is 28.8. The van der Waals surface area contributed by atoms with Gasteiger partial charge in [0.15, 0.2) is 0 Å². The lowest BCUT2D eigenvalue weighted by Crippen LogP contribution is -2.04. The van der Waals surface area contributed by atoms with E-state index in [-0.39, 0.29) is 33.8 Å². The summed E-state index contributed by atoms with van der Waals surface area (Å²) in [6.45, 7) is 0. The quantitative estimate of drug-likeness (QED) is 0.124. The summed E-state index contributed by atoms with van der Waals surface area (Å²) in [6.07, 6.45) is 5.84. The molecule has 4 aromatic carbocycles. The van der Waals surface area contributed by atoms with Crippen molar-refractivity contribution in [3.8, 4) is 11.5 Å². The van der Waals surface area contributed by atoms with Crippen LogP contribution in [0.15, 0.2) is 72.8 Å². The lowest BCUT2D eigenvalue weighted by molar-refractivity contribution is 0.0591. The van der Waals surface area contributed by atoms with Crippen LogP contribution in [0.25, 0.3) is 24.3 Å². The fourth-order valence-corrected chi connectivity index (χ4v) is 3.93. The summed E-state index contributed by atoms with van der Waals surface area (Å²) in [5, 5.41) is 0. The molecule has 0 bridgehead atoms. The lowest BCUT2D eigenvalue weighted by atomic mass is 10.0. The molecule has 9 heteroatoms. The van der Waals surface area contributed by atoms with E-state index in [1.54, 1.807) is 0 Å². The molecular weight excluding hydrogens is 540 g/mol. The maximum absolute atomic E-state index is 13.6. The molecule has 0 amide bonds. The van der Waals surface area contributed by atoms with Gasteiger partial charge in [-0.15, -0.1) is 0 Å². The van der Waals surface area contributed by atoms with Gasteiger partial charge in [0, 0.05) is 12.1 Å². The van der Waals surface area contributed by atoms with Gasteiger partial charge in [0.05, 0.1) is 25.3 Å². The monoisotopic (exact) mass is 562 g/mol. The number of benzene rings is 4. The maximum atomic E-state index is 13.6. The van der Waals surface area contributed by atoms with Gasteiger partial charge in [0.25, 0.3) is 0 Å². The van der Waals surface area contributed by atoms with E-state index in [1.807, 2.05) is 0 Å². The number of hydrogen-bond acceptors (Lipinski definition) is 5. The molecular formula is C32H22F4O5. The van der Waals surface area contributed by atoms with Gasteiger partial charge in [-0.05, 0) is 82.9 Å². The number of ether oxygens (including phenoxy) is 3. The van der Waals surface area contributed by atoms with Gasteiger partial charge in [0.2, 0.25) is 0 Å². The van der Waals surface area contributed by atoms with Crippen LogP contribution in [0.1, 0.15) is 43.0 Å². The van der Waals surface area contributed by atoms with E-state index in [9.17, 15) is 27.2 Å². The third-order valence-corrected chi connectivity index (χ3v) is 5.77. The van der Waals surface area contributed by atoms with Gasteiger partial charge in [-0.1, -0.05) is 24.3 Å². The molecule has 5 nitrogen and oxygen atoms in total. The fraction of sp³-hybridized carbons (Fsp3) is 0.0625. The highest BCUT2D eigenvalue weighted by molar-refractivity contribution is 5.96. The second kappa shape index (κ2) is 12.8. The first-order valence-electron chi connectivity index (χ1n) is 12.1. The number of halogens is 4. The second-order valence-electron chi connectivity index (χ2n) is 8.66. The zero-order chi connectivity index (χ0) is 29.5. The fourth-order valence-electron chi connectivity index (χ4n) is 3.93. The van der Waals surface area contributed by atoms with Crippen molar-refractivity contribution in [2.24, 2.45) is 0 Å². The van der Waals surface area contributed by atoms with Crippen LogP contribution < -0.4 is 4.74 Å². The zero-order valence-corrected chi connectivity index (χ0v) is 21.8. The topological polar surface area (TPSA) is 61.8 Å². The first-order chi connectivity index (χ1) is 19.6. The highest BCUT2D eigenvalue weighted by atomic mass is 19.1. The Hall–Kier alpha value is -5.18. The molecule has 4 rings (SSSR count). The molecule has 0 saturated heterocycles. The molecule has 0 spiro atoms. The summed E-state index contributed by atoms with van der Waals surface area (Å²) >= 11 is 0. The summed E-state index contributed by atoms with van der Waals surface area (Å²) in [5.41, 5.74) is 1.52. The number of hydrogen-bond donors (Lipinski definition) is 0. The molecule has 0 aliphatic heterocycles. The Kier molecular flexibility index (Phi) is 8.98. The van der Waals surface area contributed by atoms with E-state index >= 15 is 0 Å². The number of methoxy groups -OCH3 is 2. The summed E-state index contributed by atoms with van der Waals surface area (Å²) in [6, 6.07) is 15.0. The van der Waals surface area contributed by atoms with Gasteiger partial charge >= 0.3 is 11.9 Å². The molecule has 0 aliphatic carbocycles. The van der Waals surface area contributed by atoms with Gasteiger partial charge in [-0.3, -0.25) is 0 Å².